The molecule has 0 fully saturated rings. The number of benzene rings is 1. The van der Waals surface area contributed by atoms with Crippen molar-refractivity contribution in [2.75, 3.05) is 7.11 Å². The Kier molecular flexibility index (Phi) is 3.99. The van der Waals surface area contributed by atoms with Crippen LogP contribution < -0.4 is 15.2 Å². The van der Waals surface area contributed by atoms with Gasteiger partial charge < -0.3 is 15.2 Å². The van der Waals surface area contributed by atoms with Crippen LogP contribution in [-0.2, 0) is 7.05 Å². The highest BCUT2D eigenvalue weighted by Gasteiger charge is 2.18. The van der Waals surface area contributed by atoms with E-state index in [-0.39, 0.29) is 6.04 Å². The first-order chi connectivity index (χ1) is 9.45. The van der Waals surface area contributed by atoms with E-state index in [0.29, 0.717) is 5.75 Å². The van der Waals surface area contributed by atoms with E-state index in [4.69, 9.17) is 15.2 Å². The van der Waals surface area contributed by atoms with Crippen LogP contribution in [0.4, 0.5) is 0 Å². The molecule has 5 nitrogen and oxygen atoms in total. The molecule has 2 N–H and O–H groups in total. The van der Waals surface area contributed by atoms with E-state index in [1.165, 1.54) is 0 Å². The standard InChI is InChI=1S/C15H21N3O2/c1-9(16)14-12(19-5)7-6-8-13(14)20-15-10(2)17-18(4)11(15)3/h6-9H,16H2,1-5H3. The van der Waals surface area contributed by atoms with Crippen LogP contribution in [0.1, 0.15) is 29.9 Å². The average Bonchev–Trinajstić information content (AvgIpc) is 2.64. The van der Waals surface area contributed by atoms with E-state index in [2.05, 4.69) is 5.10 Å². The molecule has 1 heterocycles. The summed E-state index contributed by atoms with van der Waals surface area (Å²) in [5, 5.41) is 4.35. The lowest BCUT2D eigenvalue weighted by Gasteiger charge is -2.17. The maximum absolute atomic E-state index is 6.05. The molecule has 1 aromatic carbocycles. The zero-order valence-electron chi connectivity index (χ0n) is 12.6. The number of rotatable bonds is 4. The SMILES string of the molecule is COc1cccc(Oc2c(C)nn(C)c2C)c1C(C)N. The molecule has 0 radical (unpaired) electrons. The maximum atomic E-state index is 6.05. The van der Waals surface area contributed by atoms with E-state index in [9.17, 15) is 0 Å². The van der Waals surface area contributed by atoms with E-state index in [0.717, 1.165) is 28.5 Å². The van der Waals surface area contributed by atoms with Gasteiger partial charge in [-0.25, -0.2) is 0 Å². The van der Waals surface area contributed by atoms with Crippen molar-refractivity contribution >= 4 is 0 Å². The normalized spacial score (nSPS) is 12.3. The number of methoxy groups -OCH3 is 1. The highest BCUT2D eigenvalue weighted by Crippen LogP contribution is 2.37. The van der Waals surface area contributed by atoms with Crippen molar-refractivity contribution in [2.45, 2.75) is 26.8 Å². The second kappa shape index (κ2) is 5.54. The third-order valence-electron chi connectivity index (χ3n) is 3.36. The van der Waals surface area contributed by atoms with Crippen LogP contribution in [0, 0.1) is 13.8 Å². The zero-order chi connectivity index (χ0) is 14.9. The summed E-state index contributed by atoms with van der Waals surface area (Å²) < 4.78 is 13.2. The Balaban J connectivity index is 2.48. The fourth-order valence-corrected chi connectivity index (χ4v) is 2.25. The predicted octanol–water partition coefficient (Wildman–Crippen LogP) is 2.86. The fourth-order valence-electron chi connectivity index (χ4n) is 2.25. The Bertz CT molecular complexity index is 618. The second-order valence-corrected chi connectivity index (χ2v) is 4.89. The van der Waals surface area contributed by atoms with Crippen molar-refractivity contribution in [1.29, 1.82) is 0 Å². The van der Waals surface area contributed by atoms with Crippen LogP contribution in [0.25, 0.3) is 0 Å². The molecule has 0 amide bonds. The maximum Gasteiger partial charge on any atom is 0.171 e. The number of nitrogens with zero attached hydrogens (tertiary/aromatic N) is 2. The molecular weight excluding hydrogens is 254 g/mol. The van der Waals surface area contributed by atoms with Gasteiger partial charge >= 0.3 is 0 Å². The number of hydrogen-bond donors (Lipinski definition) is 1. The minimum Gasteiger partial charge on any atom is -0.496 e. The molecule has 2 aromatic rings. The van der Waals surface area contributed by atoms with Crippen molar-refractivity contribution in [1.82, 2.24) is 9.78 Å². The second-order valence-electron chi connectivity index (χ2n) is 4.89. The lowest BCUT2D eigenvalue weighted by molar-refractivity contribution is 0.396. The number of nitrogens with two attached hydrogens (primary N) is 1. The number of ether oxygens (including phenoxy) is 2. The molecule has 0 saturated heterocycles. The molecule has 2 rings (SSSR count). The first kappa shape index (κ1) is 14.4. The molecule has 0 aliphatic heterocycles. The first-order valence-corrected chi connectivity index (χ1v) is 6.56. The molecule has 1 unspecified atom stereocenters. The van der Waals surface area contributed by atoms with Crippen molar-refractivity contribution < 1.29 is 9.47 Å². The van der Waals surface area contributed by atoms with Crippen molar-refractivity contribution in [3.05, 3.63) is 35.2 Å². The summed E-state index contributed by atoms with van der Waals surface area (Å²) in [6.07, 6.45) is 0. The molecule has 20 heavy (non-hydrogen) atoms. The molecule has 1 aromatic heterocycles. The first-order valence-electron chi connectivity index (χ1n) is 6.56. The third kappa shape index (κ3) is 2.49. The summed E-state index contributed by atoms with van der Waals surface area (Å²) in [4.78, 5) is 0. The van der Waals surface area contributed by atoms with Gasteiger partial charge in [0, 0.05) is 13.1 Å². The Labute approximate surface area is 119 Å². The molecule has 5 heteroatoms. The highest BCUT2D eigenvalue weighted by molar-refractivity contribution is 5.49. The van der Waals surface area contributed by atoms with E-state index < -0.39 is 0 Å². The fraction of sp³-hybridized carbons (Fsp3) is 0.400. The van der Waals surface area contributed by atoms with Gasteiger partial charge in [-0.3, -0.25) is 4.68 Å². The molecule has 108 valence electrons. The summed E-state index contributed by atoms with van der Waals surface area (Å²) in [6.45, 7) is 5.81. The van der Waals surface area contributed by atoms with E-state index in [1.807, 2.05) is 46.0 Å². The zero-order valence-corrected chi connectivity index (χ0v) is 12.6. The van der Waals surface area contributed by atoms with Gasteiger partial charge in [-0.15, -0.1) is 0 Å². The monoisotopic (exact) mass is 275 g/mol. The summed E-state index contributed by atoms with van der Waals surface area (Å²) in [7, 11) is 3.53. The summed E-state index contributed by atoms with van der Waals surface area (Å²) >= 11 is 0. The number of hydrogen-bond acceptors (Lipinski definition) is 4. The van der Waals surface area contributed by atoms with Gasteiger partial charge in [0.2, 0.25) is 0 Å². The molecule has 0 saturated carbocycles. The minimum absolute atomic E-state index is 0.182. The van der Waals surface area contributed by atoms with Crippen LogP contribution in [-0.4, -0.2) is 16.9 Å². The van der Waals surface area contributed by atoms with Crippen LogP contribution in [0.3, 0.4) is 0 Å². The molecule has 0 bridgehead atoms. The van der Waals surface area contributed by atoms with Gasteiger partial charge in [-0.05, 0) is 32.9 Å². The molecule has 1 atom stereocenters. The summed E-state index contributed by atoms with van der Waals surface area (Å²) in [6, 6.07) is 5.49. The molecular formula is C15H21N3O2. The lowest BCUT2D eigenvalue weighted by Crippen LogP contribution is -2.09. The number of aromatic nitrogens is 2. The van der Waals surface area contributed by atoms with Gasteiger partial charge in [-0.2, -0.15) is 5.10 Å². The van der Waals surface area contributed by atoms with Crippen LogP contribution in [0.2, 0.25) is 0 Å². The van der Waals surface area contributed by atoms with Gasteiger partial charge in [0.1, 0.15) is 17.2 Å². The quantitative estimate of drug-likeness (QED) is 0.932. The third-order valence-corrected chi connectivity index (χ3v) is 3.36. The highest BCUT2D eigenvalue weighted by atomic mass is 16.5. The molecule has 0 spiro atoms. The Hall–Kier alpha value is -2.01. The smallest absolute Gasteiger partial charge is 0.171 e. The molecule has 0 aliphatic carbocycles. The van der Waals surface area contributed by atoms with Gasteiger partial charge in [0.05, 0.1) is 18.4 Å². The van der Waals surface area contributed by atoms with Crippen molar-refractivity contribution in [3.8, 4) is 17.2 Å². The van der Waals surface area contributed by atoms with Crippen molar-refractivity contribution in [2.24, 2.45) is 12.8 Å². The Morgan fingerprint density at radius 3 is 2.40 bits per heavy atom. The van der Waals surface area contributed by atoms with Crippen LogP contribution in [0.15, 0.2) is 18.2 Å². The Morgan fingerprint density at radius 1 is 1.25 bits per heavy atom. The van der Waals surface area contributed by atoms with Crippen molar-refractivity contribution in [3.63, 3.8) is 0 Å². The van der Waals surface area contributed by atoms with E-state index >= 15 is 0 Å². The largest absolute Gasteiger partial charge is 0.496 e. The van der Waals surface area contributed by atoms with Crippen LogP contribution in [0.5, 0.6) is 17.2 Å². The van der Waals surface area contributed by atoms with Gasteiger partial charge in [-0.1, -0.05) is 6.07 Å². The molecule has 0 aliphatic rings. The predicted molar refractivity (Wildman–Crippen MR) is 78.4 cm³/mol. The van der Waals surface area contributed by atoms with Gasteiger partial charge in [0.25, 0.3) is 0 Å². The van der Waals surface area contributed by atoms with Crippen LogP contribution >= 0.6 is 0 Å². The summed E-state index contributed by atoms with van der Waals surface area (Å²) in [5.74, 6) is 2.21. The summed E-state index contributed by atoms with van der Waals surface area (Å²) in [5.41, 5.74) is 8.73. The average molecular weight is 275 g/mol. The van der Waals surface area contributed by atoms with E-state index in [1.54, 1.807) is 11.8 Å². The van der Waals surface area contributed by atoms with Gasteiger partial charge in [0.15, 0.2) is 5.75 Å². The minimum atomic E-state index is -0.182. The lowest BCUT2D eigenvalue weighted by atomic mass is 10.1. The topological polar surface area (TPSA) is 62.3 Å². The Morgan fingerprint density at radius 2 is 1.90 bits per heavy atom. The number of aryl methyl sites for hydroxylation is 2.